The molecule has 18 heavy (non-hydrogen) atoms. The molecular weight excluding hydrogens is 220 g/mol. The minimum Gasteiger partial charge on any atom is -0.298 e. The summed E-state index contributed by atoms with van der Waals surface area (Å²) in [6.45, 7) is 2.06. The van der Waals surface area contributed by atoms with Crippen LogP contribution in [0.4, 0.5) is 0 Å². The molecule has 0 aromatic heterocycles. The highest BCUT2D eigenvalue weighted by Crippen LogP contribution is 2.30. The Labute approximate surface area is 107 Å². The van der Waals surface area contributed by atoms with Gasteiger partial charge in [-0.05, 0) is 48.4 Å². The molecule has 1 aliphatic carbocycles. The third-order valence-corrected chi connectivity index (χ3v) is 3.75. The first-order valence-electron chi connectivity index (χ1n) is 6.46. The van der Waals surface area contributed by atoms with Crippen LogP contribution in [0.25, 0.3) is 11.1 Å². The normalized spacial score (nSPS) is 13.4. The van der Waals surface area contributed by atoms with Crippen molar-refractivity contribution in [1.82, 2.24) is 0 Å². The van der Waals surface area contributed by atoms with E-state index in [0.717, 1.165) is 17.4 Å². The molecule has 0 atom stereocenters. The summed E-state index contributed by atoms with van der Waals surface area (Å²) in [5.74, 6) is 0. The van der Waals surface area contributed by atoms with Gasteiger partial charge in [-0.2, -0.15) is 0 Å². The molecule has 90 valence electrons. The van der Waals surface area contributed by atoms with E-state index in [2.05, 4.69) is 31.2 Å². The van der Waals surface area contributed by atoms with Crippen molar-refractivity contribution in [2.24, 2.45) is 0 Å². The Hall–Kier alpha value is -1.89. The van der Waals surface area contributed by atoms with Crippen molar-refractivity contribution in [3.05, 3.63) is 58.7 Å². The molecule has 0 radical (unpaired) electrons. The SMILES string of the molecule is Cc1ccc(C=O)c(-c2ccc3c(c2)CCC3)c1. The molecule has 1 heteroatoms. The van der Waals surface area contributed by atoms with Crippen LogP contribution in [0.15, 0.2) is 36.4 Å². The van der Waals surface area contributed by atoms with E-state index in [-0.39, 0.29) is 0 Å². The highest BCUT2D eigenvalue weighted by molar-refractivity contribution is 5.88. The van der Waals surface area contributed by atoms with Gasteiger partial charge in [0, 0.05) is 5.56 Å². The molecule has 0 spiro atoms. The Morgan fingerprint density at radius 2 is 1.83 bits per heavy atom. The van der Waals surface area contributed by atoms with E-state index < -0.39 is 0 Å². The van der Waals surface area contributed by atoms with Gasteiger partial charge in [-0.15, -0.1) is 0 Å². The highest BCUT2D eigenvalue weighted by Gasteiger charge is 2.12. The second-order valence-corrected chi connectivity index (χ2v) is 5.05. The number of rotatable bonds is 2. The number of fused-ring (bicyclic) bond motifs is 1. The fourth-order valence-electron chi connectivity index (χ4n) is 2.76. The average molecular weight is 236 g/mol. The number of aldehydes is 1. The van der Waals surface area contributed by atoms with Crippen molar-refractivity contribution >= 4 is 6.29 Å². The van der Waals surface area contributed by atoms with Crippen molar-refractivity contribution in [2.45, 2.75) is 26.2 Å². The largest absolute Gasteiger partial charge is 0.298 e. The van der Waals surface area contributed by atoms with Crippen LogP contribution in [0.3, 0.4) is 0 Å². The van der Waals surface area contributed by atoms with Crippen molar-refractivity contribution in [1.29, 1.82) is 0 Å². The van der Waals surface area contributed by atoms with E-state index in [4.69, 9.17) is 0 Å². The molecule has 1 nitrogen and oxygen atoms in total. The molecule has 0 saturated heterocycles. The second kappa shape index (κ2) is 4.41. The Kier molecular flexibility index (Phi) is 2.75. The monoisotopic (exact) mass is 236 g/mol. The van der Waals surface area contributed by atoms with Gasteiger partial charge in [0.05, 0.1) is 0 Å². The molecule has 1 aliphatic rings. The zero-order valence-electron chi connectivity index (χ0n) is 10.6. The van der Waals surface area contributed by atoms with Crippen molar-refractivity contribution in [3.8, 4) is 11.1 Å². The molecule has 0 heterocycles. The number of hydrogen-bond acceptors (Lipinski definition) is 1. The van der Waals surface area contributed by atoms with E-state index >= 15 is 0 Å². The first kappa shape index (κ1) is 11.2. The van der Waals surface area contributed by atoms with Crippen molar-refractivity contribution in [2.75, 3.05) is 0 Å². The summed E-state index contributed by atoms with van der Waals surface area (Å²) in [6.07, 6.45) is 4.57. The lowest BCUT2D eigenvalue weighted by atomic mass is 9.95. The average Bonchev–Trinajstić information content (AvgIpc) is 2.85. The first-order chi connectivity index (χ1) is 8.78. The van der Waals surface area contributed by atoms with E-state index in [1.165, 1.54) is 41.5 Å². The quantitative estimate of drug-likeness (QED) is 0.721. The molecule has 0 N–H and O–H groups in total. The summed E-state index contributed by atoms with van der Waals surface area (Å²) in [6, 6.07) is 12.6. The van der Waals surface area contributed by atoms with Gasteiger partial charge in [-0.3, -0.25) is 4.79 Å². The zero-order chi connectivity index (χ0) is 12.5. The molecule has 0 amide bonds. The third kappa shape index (κ3) is 1.86. The Morgan fingerprint density at radius 1 is 1.00 bits per heavy atom. The van der Waals surface area contributed by atoms with E-state index in [1.54, 1.807) is 0 Å². The summed E-state index contributed by atoms with van der Waals surface area (Å²) in [5, 5.41) is 0. The maximum Gasteiger partial charge on any atom is 0.150 e. The number of aryl methyl sites for hydroxylation is 3. The van der Waals surface area contributed by atoms with Crippen LogP contribution in [0.2, 0.25) is 0 Å². The topological polar surface area (TPSA) is 17.1 Å². The summed E-state index contributed by atoms with van der Waals surface area (Å²) < 4.78 is 0. The lowest BCUT2D eigenvalue weighted by Crippen LogP contribution is -1.90. The molecule has 0 bridgehead atoms. The van der Waals surface area contributed by atoms with E-state index in [9.17, 15) is 4.79 Å². The fourth-order valence-corrected chi connectivity index (χ4v) is 2.76. The van der Waals surface area contributed by atoms with Crippen LogP contribution < -0.4 is 0 Å². The summed E-state index contributed by atoms with van der Waals surface area (Å²) in [4.78, 5) is 11.1. The van der Waals surface area contributed by atoms with Gasteiger partial charge in [-0.1, -0.05) is 42.0 Å². The smallest absolute Gasteiger partial charge is 0.150 e. The van der Waals surface area contributed by atoms with E-state index in [0.29, 0.717) is 0 Å². The standard InChI is InChI=1S/C17H16O/c1-12-5-6-16(11-18)17(9-12)15-8-7-13-3-2-4-14(13)10-15/h5-11H,2-4H2,1H3. The van der Waals surface area contributed by atoms with Crippen LogP contribution in [-0.2, 0) is 12.8 Å². The minimum absolute atomic E-state index is 0.776. The van der Waals surface area contributed by atoms with Gasteiger partial charge >= 0.3 is 0 Å². The zero-order valence-corrected chi connectivity index (χ0v) is 10.6. The number of carbonyl (C=O) groups excluding carboxylic acids is 1. The third-order valence-electron chi connectivity index (χ3n) is 3.75. The summed E-state index contributed by atoms with van der Waals surface area (Å²) >= 11 is 0. The predicted octanol–water partition coefficient (Wildman–Crippen LogP) is 3.96. The Balaban J connectivity index is 2.14. The van der Waals surface area contributed by atoms with Gasteiger partial charge < -0.3 is 0 Å². The molecule has 0 fully saturated rings. The fraction of sp³-hybridized carbons (Fsp3) is 0.235. The lowest BCUT2D eigenvalue weighted by Gasteiger charge is -2.09. The second-order valence-electron chi connectivity index (χ2n) is 5.05. The molecule has 2 aromatic rings. The molecular formula is C17H16O. The van der Waals surface area contributed by atoms with Gasteiger partial charge in [0.1, 0.15) is 0 Å². The Bertz CT molecular complexity index is 611. The van der Waals surface area contributed by atoms with Crippen LogP contribution >= 0.6 is 0 Å². The first-order valence-corrected chi connectivity index (χ1v) is 6.46. The maximum atomic E-state index is 11.1. The van der Waals surface area contributed by atoms with Gasteiger partial charge in [0.15, 0.2) is 6.29 Å². The lowest BCUT2D eigenvalue weighted by molar-refractivity contribution is 0.112. The molecule has 3 rings (SSSR count). The number of carbonyl (C=O) groups is 1. The van der Waals surface area contributed by atoms with Crippen LogP contribution in [0.5, 0.6) is 0 Å². The van der Waals surface area contributed by atoms with E-state index in [1.807, 2.05) is 12.1 Å². The highest BCUT2D eigenvalue weighted by atomic mass is 16.1. The molecule has 0 saturated carbocycles. The van der Waals surface area contributed by atoms with Gasteiger partial charge in [0.2, 0.25) is 0 Å². The van der Waals surface area contributed by atoms with Gasteiger partial charge in [-0.25, -0.2) is 0 Å². The predicted molar refractivity (Wildman–Crippen MR) is 74.0 cm³/mol. The molecule has 2 aromatic carbocycles. The van der Waals surface area contributed by atoms with Crippen molar-refractivity contribution < 1.29 is 4.79 Å². The molecule has 0 unspecified atom stereocenters. The van der Waals surface area contributed by atoms with Crippen LogP contribution in [-0.4, -0.2) is 6.29 Å². The van der Waals surface area contributed by atoms with Crippen LogP contribution in [0.1, 0.15) is 33.5 Å². The minimum atomic E-state index is 0.776. The maximum absolute atomic E-state index is 11.1. The van der Waals surface area contributed by atoms with Crippen LogP contribution in [0, 0.1) is 6.92 Å². The molecule has 0 aliphatic heterocycles. The Morgan fingerprint density at radius 3 is 2.67 bits per heavy atom. The number of hydrogen-bond donors (Lipinski definition) is 0. The van der Waals surface area contributed by atoms with Crippen molar-refractivity contribution in [3.63, 3.8) is 0 Å². The number of benzene rings is 2. The summed E-state index contributed by atoms with van der Waals surface area (Å²) in [7, 11) is 0. The van der Waals surface area contributed by atoms with Gasteiger partial charge in [0.25, 0.3) is 0 Å². The summed E-state index contributed by atoms with van der Waals surface area (Å²) in [5.41, 5.74) is 7.11.